The molecule has 0 spiro atoms. The second-order valence-corrected chi connectivity index (χ2v) is 5.26. The van der Waals surface area contributed by atoms with Gasteiger partial charge in [0.05, 0.1) is 9.85 Å². The van der Waals surface area contributed by atoms with Crippen LogP contribution >= 0.6 is 0 Å². The summed E-state index contributed by atoms with van der Waals surface area (Å²) in [6, 6.07) is 6.09. The third-order valence-corrected chi connectivity index (χ3v) is 3.67. The summed E-state index contributed by atoms with van der Waals surface area (Å²) in [6.07, 6.45) is 4.70. The van der Waals surface area contributed by atoms with Gasteiger partial charge in [0.25, 0.3) is 11.4 Å². The molecule has 1 unspecified atom stereocenters. The number of nitro benzene ring substituents is 1. The van der Waals surface area contributed by atoms with Crippen molar-refractivity contribution in [1.82, 2.24) is 0 Å². The van der Waals surface area contributed by atoms with E-state index in [1.807, 2.05) is 13.8 Å². The molecule has 0 bridgehead atoms. The topological polar surface area (TPSA) is 95.5 Å². The number of nitro groups is 2. The molecule has 0 amide bonds. The minimum atomic E-state index is -0.749. The second-order valence-electron chi connectivity index (χ2n) is 5.26. The molecule has 128 valence electrons. The highest BCUT2D eigenvalue weighted by Gasteiger charge is 2.27. The Kier molecular flexibility index (Phi) is 6.40. The van der Waals surface area contributed by atoms with Crippen molar-refractivity contribution in [2.45, 2.75) is 32.8 Å². The number of allylic oxidation sites excluding steroid dienone is 3. The third-order valence-electron chi connectivity index (χ3n) is 3.67. The van der Waals surface area contributed by atoms with Gasteiger partial charge >= 0.3 is 0 Å². The molecule has 0 radical (unpaired) electrons. The van der Waals surface area contributed by atoms with Crippen LogP contribution in [0.15, 0.2) is 60.5 Å². The van der Waals surface area contributed by atoms with Crippen molar-refractivity contribution in [3.05, 3.63) is 86.3 Å². The maximum atomic E-state index is 10.8. The third kappa shape index (κ3) is 4.77. The van der Waals surface area contributed by atoms with Crippen molar-refractivity contribution in [2.24, 2.45) is 0 Å². The van der Waals surface area contributed by atoms with Crippen LogP contribution in [0.5, 0.6) is 0 Å². The van der Waals surface area contributed by atoms with Crippen molar-refractivity contribution in [2.75, 3.05) is 0 Å². The Bertz CT molecular complexity index is 691. The molecule has 1 aromatic carbocycles. The molecule has 7 heteroatoms. The molecular weight excluding hydrogens is 312 g/mol. The van der Waals surface area contributed by atoms with Gasteiger partial charge in [0.2, 0.25) is 0 Å². The molecule has 0 heterocycles. The van der Waals surface area contributed by atoms with Gasteiger partial charge in [-0.25, -0.2) is 0 Å². The van der Waals surface area contributed by atoms with Crippen LogP contribution in [0.1, 0.15) is 32.8 Å². The Hall–Kier alpha value is -2.96. The van der Waals surface area contributed by atoms with E-state index in [2.05, 4.69) is 6.58 Å². The average Bonchev–Trinajstić information content (AvgIpc) is 2.55. The quantitative estimate of drug-likeness (QED) is 0.302. The highest BCUT2D eigenvalue weighted by atomic mass is 16.6. The summed E-state index contributed by atoms with van der Waals surface area (Å²) in [7, 11) is 0. The number of hydrogen-bond acceptors (Lipinski definition) is 5. The lowest BCUT2D eigenvalue weighted by Crippen LogP contribution is -2.24. The number of hydrogen-bond donors (Lipinski definition) is 0. The molecule has 0 aliphatic rings. The van der Waals surface area contributed by atoms with E-state index in [4.69, 9.17) is 4.74 Å². The lowest BCUT2D eigenvalue weighted by Gasteiger charge is -2.30. The van der Waals surface area contributed by atoms with Crippen molar-refractivity contribution in [3.8, 4) is 0 Å². The van der Waals surface area contributed by atoms with Crippen molar-refractivity contribution >= 4 is 5.69 Å². The van der Waals surface area contributed by atoms with E-state index >= 15 is 0 Å². The van der Waals surface area contributed by atoms with Crippen LogP contribution in [-0.4, -0.2) is 9.85 Å². The second kappa shape index (κ2) is 8.05. The Morgan fingerprint density at radius 1 is 1.25 bits per heavy atom. The summed E-state index contributed by atoms with van der Waals surface area (Å²) in [6.45, 7) is 9.07. The standard InChI is InChI=1S/C17H20N2O5/c1-5-15(18(20)21)10-7-13(3)24-17(4,6-2)14-8-11-16(12-9-14)19(22)23/h5,7-12H,3,6H2,1-2,4H3/b10-7-,15-5+. The fourth-order valence-electron chi connectivity index (χ4n) is 2.04. The molecule has 0 saturated heterocycles. The smallest absolute Gasteiger partial charge is 0.269 e. The molecule has 1 rings (SSSR count). The van der Waals surface area contributed by atoms with Crippen LogP contribution in [0.25, 0.3) is 0 Å². The lowest BCUT2D eigenvalue weighted by molar-refractivity contribution is -0.419. The van der Waals surface area contributed by atoms with Crippen LogP contribution in [-0.2, 0) is 10.3 Å². The van der Waals surface area contributed by atoms with Crippen molar-refractivity contribution in [3.63, 3.8) is 0 Å². The normalized spacial score (nSPS) is 14.2. The van der Waals surface area contributed by atoms with Gasteiger partial charge in [-0.1, -0.05) is 13.5 Å². The Labute approximate surface area is 140 Å². The van der Waals surface area contributed by atoms with E-state index in [0.717, 1.165) is 5.56 Å². The zero-order valence-electron chi connectivity index (χ0n) is 13.9. The fourth-order valence-corrected chi connectivity index (χ4v) is 2.04. The van der Waals surface area contributed by atoms with Gasteiger partial charge in [-0.15, -0.1) is 0 Å². The number of non-ortho nitro benzene ring substituents is 1. The van der Waals surface area contributed by atoms with Gasteiger partial charge in [0.1, 0.15) is 11.4 Å². The number of rotatable bonds is 8. The lowest BCUT2D eigenvalue weighted by atomic mass is 9.92. The Morgan fingerprint density at radius 2 is 1.83 bits per heavy atom. The van der Waals surface area contributed by atoms with Gasteiger partial charge < -0.3 is 4.74 Å². The zero-order valence-corrected chi connectivity index (χ0v) is 13.9. The number of ether oxygens (including phenoxy) is 1. The largest absolute Gasteiger partial charge is 0.484 e. The number of benzene rings is 1. The minimum Gasteiger partial charge on any atom is -0.484 e. The molecule has 0 aliphatic heterocycles. The summed E-state index contributed by atoms with van der Waals surface area (Å²) >= 11 is 0. The molecule has 24 heavy (non-hydrogen) atoms. The van der Waals surface area contributed by atoms with Crippen LogP contribution in [0.2, 0.25) is 0 Å². The maximum absolute atomic E-state index is 10.8. The molecule has 1 aromatic rings. The van der Waals surface area contributed by atoms with E-state index in [9.17, 15) is 20.2 Å². The zero-order chi connectivity index (χ0) is 18.3. The van der Waals surface area contributed by atoms with Gasteiger partial charge in [-0.3, -0.25) is 20.2 Å². The molecular formula is C17H20N2O5. The van der Waals surface area contributed by atoms with Gasteiger partial charge in [-0.05, 0) is 50.1 Å². The average molecular weight is 332 g/mol. The Balaban J connectivity index is 2.95. The number of nitrogens with zero attached hydrogens (tertiary/aromatic N) is 2. The first-order valence-corrected chi connectivity index (χ1v) is 7.35. The minimum absolute atomic E-state index is 0.000340. The van der Waals surface area contributed by atoms with Crippen LogP contribution in [0, 0.1) is 20.2 Å². The monoisotopic (exact) mass is 332 g/mol. The van der Waals surface area contributed by atoms with E-state index in [-0.39, 0.29) is 17.1 Å². The molecule has 0 aliphatic carbocycles. The molecule has 0 aromatic heterocycles. The molecule has 1 atom stereocenters. The first kappa shape index (κ1) is 19.1. The first-order valence-electron chi connectivity index (χ1n) is 7.35. The maximum Gasteiger partial charge on any atom is 0.269 e. The summed E-state index contributed by atoms with van der Waals surface area (Å²) < 4.78 is 5.85. The van der Waals surface area contributed by atoms with E-state index in [1.165, 1.54) is 30.4 Å². The summed E-state index contributed by atoms with van der Waals surface area (Å²) in [5, 5.41) is 21.5. The van der Waals surface area contributed by atoms with E-state index < -0.39 is 15.4 Å². The highest BCUT2D eigenvalue weighted by molar-refractivity contribution is 5.35. The first-order chi connectivity index (χ1) is 11.2. The molecule has 0 N–H and O–H groups in total. The fraction of sp³-hybridized carbons (Fsp3) is 0.294. The van der Waals surface area contributed by atoms with Crippen molar-refractivity contribution < 1.29 is 14.6 Å². The SMILES string of the molecule is C=C(/C=C\C(=C/C)[N+](=O)[O-])OC(C)(CC)c1ccc([N+](=O)[O-])cc1. The molecule has 0 fully saturated rings. The molecule has 0 saturated carbocycles. The van der Waals surface area contributed by atoms with Crippen LogP contribution in [0.4, 0.5) is 5.69 Å². The van der Waals surface area contributed by atoms with Crippen molar-refractivity contribution in [1.29, 1.82) is 0 Å². The summed E-state index contributed by atoms with van der Waals surface area (Å²) in [5.74, 6) is 0.263. The predicted molar refractivity (Wildman–Crippen MR) is 90.9 cm³/mol. The van der Waals surface area contributed by atoms with Crippen LogP contribution in [0.3, 0.4) is 0 Å². The van der Waals surface area contributed by atoms with Gasteiger partial charge in [0.15, 0.2) is 0 Å². The van der Waals surface area contributed by atoms with Gasteiger partial charge in [-0.2, -0.15) is 0 Å². The molecule has 7 nitrogen and oxygen atoms in total. The Morgan fingerprint density at radius 3 is 2.25 bits per heavy atom. The van der Waals surface area contributed by atoms with Crippen LogP contribution < -0.4 is 0 Å². The summed E-state index contributed by atoms with van der Waals surface area (Å²) in [5.41, 5.74) is -0.0556. The summed E-state index contributed by atoms with van der Waals surface area (Å²) in [4.78, 5) is 20.5. The van der Waals surface area contributed by atoms with E-state index in [0.29, 0.717) is 6.42 Å². The highest BCUT2D eigenvalue weighted by Crippen LogP contribution is 2.32. The predicted octanol–water partition coefficient (Wildman–Crippen LogP) is 4.49. The van der Waals surface area contributed by atoms with E-state index in [1.54, 1.807) is 19.1 Å². The van der Waals surface area contributed by atoms with Gasteiger partial charge in [0, 0.05) is 18.2 Å².